The minimum atomic E-state index is -0.416. The Morgan fingerprint density at radius 2 is 2.20 bits per heavy atom. The highest BCUT2D eigenvalue weighted by molar-refractivity contribution is 5.90. The molecule has 0 spiro atoms. The number of aromatic amines is 1. The van der Waals surface area contributed by atoms with Crippen molar-refractivity contribution < 1.29 is 14.3 Å². The van der Waals surface area contributed by atoms with Crippen molar-refractivity contribution >= 4 is 5.97 Å². The number of nitrogens with zero attached hydrogens (tertiary/aromatic N) is 1. The van der Waals surface area contributed by atoms with E-state index in [1.807, 2.05) is 6.07 Å². The average Bonchev–Trinajstić information content (AvgIpc) is 2.64. The second-order valence-corrected chi connectivity index (χ2v) is 4.45. The number of methoxy groups -OCH3 is 1. The van der Waals surface area contributed by atoms with Crippen LogP contribution in [0.4, 0.5) is 0 Å². The summed E-state index contributed by atoms with van der Waals surface area (Å²) in [5.41, 5.74) is 1.70. The molecule has 3 rings (SSSR count). The number of ether oxygens (including phenoxy) is 2. The van der Waals surface area contributed by atoms with Gasteiger partial charge in [-0.1, -0.05) is 6.07 Å². The average molecular weight is 272 g/mol. The molecule has 0 fully saturated rings. The van der Waals surface area contributed by atoms with E-state index in [9.17, 15) is 9.59 Å². The molecule has 1 aliphatic rings. The van der Waals surface area contributed by atoms with Crippen LogP contribution in [-0.2, 0) is 17.6 Å². The van der Waals surface area contributed by atoms with E-state index in [0.717, 1.165) is 5.56 Å². The molecule has 2 aromatic rings. The number of esters is 1. The van der Waals surface area contributed by atoms with Gasteiger partial charge in [-0.2, -0.15) is 4.98 Å². The number of benzene rings is 1. The van der Waals surface area contributed by atoms with Crippen LogP contribution >= 0.6 is 0 Å². The summed E-state index contributed by atoms with van der Waals surface area (Å²) in [6.45, 7) is 0. The summed E-state index contributed by atoms with van der Waals surface area (Å²) in [6.07, 6.45) is 2.76. The predicted molar refractivity (Wildman–Crippen MR) is 70.1 cm³/mol. The SMILES string of the molecule is COC(=O)c1ccc2c(c1)Oc1cnc(=O)[nH]c1CC2. The molecule has 1 aromatic heterocycles. The number of hydrogen-bond donors (Lipinski definition) is 1. The van der Waals surface area contributed by atoms with E-state index in [1.54, 1.807) is 12.1 Å². The van der Waals surface area contributed by atoms with Crippen LogP contribution in [0.25, 0.3) is 0 Å². The van der Waals surface area contributed by atoms with Gasteiger partial charge in [-0.25, -0.2) is 9.59 Å². The van der Waals surface area contributed by atoms with E-state index in [4.69, 9.17) is 4.74 Å². The first-order chi connectivity index (χ1) is 9.67. The summed E-state index contributed by atoms with van der Waals surface area (Å²) >= 11 is 0. The molecule has 6 heteroatoms. The van der Waals surface area contributed by atoms with Crippen molar-refractivity contribution in [3.63, 3.8) is 0 Å². The van der Waals surface area contributed by atoms with Gasteiger partial charge in [0.2, 0.25) is 0 Å². The lowest BCUT2D eigenvalue weighted by Crippen LogP contribution is -2.12. The number of H-pyrrole nitrogens is 1. The monoisotopic (exact) mass is 272 g/mol. The Labute approximate surface area is 114 Å². The van der Waals surface area contributed by atoms with E-state index in [-0.39, 0.29) is 0 Å². The van der Waals surface area contributed by atoms with Crippen molar-refractivity contribution in [2.45, 2.75) is 12.8 Å². The van der Waals surface area contributed by atoms with Gasteiger partial charge in [0, 0.05) is 0 Å². The Kier molecular flexibility index (Phi) is 2.98. The second kappa shape index (κ2) is 4.80. The van der Waals surface area contributed by atoms with E-state index in [0.29, 0.717) is 35.6 Å². The molecule has 0 aliphatic carbocycles. The summed E-state index contributed by atoms with van der Waals surface area (Å²) in [4.78, 5) is 29.1. The second-order valence-electron chi connectivity index (χ2n) is 4.45. The van der Waals surface area contributed by atoms with Gasteiger partial charge in [0.1, 0.15) is 5.75 Å². The zero-order valence-electron chi connectivity index (χ0n) is 10.8. The fourth-order valence-corrected chi connectivity index (χ4v) is 2.17. The van der Waals surface area contributed by atoms with Crippen LogP contribution in [0.2, 0.25) is 0 Å². The molecule has 6 nitrogen and oxygen atoms in total. The third kappa shape index (κ3) is 2.16. The Hall–Kier alpha value is -2.63. The number of hydrogen-bond acceptors (Lipinski definition) is 5. The molecular formula is C14H12N2O4. The van der Waals surface area contributed by atoms with Gasteiger partial charge in [-0.3, -0.25) is 0 Å². The van der Waals surface area contributed by atoms with Crippen molar-refractivity contribution in [2.75, 3.05) is 7.11 Å². The van der Waals surface area contributed by atoms with Crippen molar-refractivity contribution in [1.82, 2.24) is 9.97 Å². The first-order valence-corrected chi connectivity index (χ1v) is 6.14. The number of aromatic nitrogens is 2. The maximum atomic E-state index is 11.5. The van der Waals surface area contributed by atoms with Crippen LogP contribution in [0.3, 0.4) is 0 Å². The molecule has 2 heterocycles. The number of nitrogens with one attached hydrogen (secondary N) is 1. The van der Waals surface area contributed by atoms with Gasteiger partial charge >= 0.3 is 11.7 Å². The summed E-state index contributed by atoms with van der Waals surface area (Å²) < 4.78 is 10.4. The van der Waals surface area contributed by atoms with Crippen molar-refractivity contribution in [3.05, 3.63) is 51.7 Å². The Morgan fingerprint density at radius 3 is 3.00 bits per heavy atom. The fourth-order valence-electron chi connectivity index (χ4n) is 2.17. The lowest BCUT2D eigenvalue weighted by Gasteiger charge is -2.09. The third-order valence-electron chi connectivity index (χ3n) is 3.21. The van der Waals surface area contributed by atoms with E-state index in [1.165, 1.54) is 13.3 Å². The Bertz CT molecular complexity index is 736. The summed E-state index contributed by atoms with van der Waals surface area (Å²) in [5.74, 6) is 0.673. The first-order valence-electron chi connectivity index (χ1n) is 6.14. The van der Waals surface area contributed by atoms with Crippen LogP contribution in [0.1, 0.15) is 21.6 Å². The van der Waals surface area contributed by atoms with Gasteiger partial charge in [0.15, 0.2) is 5.75 Å². The molecule has 1 aromatic carbocycles. The minimum Gasteiger partial charge on any atom is -0.465 e. The zero-order chi connectivity index (χ0) is 14.1. The Balaban J connectivity index is 2.04. The molecule has 20 heavy (non-hydrogen) atoms. The van der Waals surface area contributed by atoms with Crippen molar-refractivity contribution in [1.29, 1.82) is 0 Å². The maximum Gasteiger partial charge on any atom is 0.345 e. The highest BCUT2D eigenvalue weighted by Gasteiger charge is 2.18. The highest BCUT2D eigenvalue weighted by atomic mass is 16.5. The maximum absolute atomic E-state index is 11.5. The standard InChI is InChI=1S/C14H12N2O4/c1-19-13(17)9-3-2-8-4-5-10-12(20-11(8)6-9)7-15-14(18)16-10/h2-3,6-7H,4-5H2,1H3,(H,15,16,18). The van der Waals surface area contributed by atoms with Crippen LogP contribution in [0, 0.1) is 0 Å². The van der Waals surface area contributed by atoms with Crippen LogP contribution in [0.5, 0.6) is 11.5 Å². The highest BCUT2D eigenvalue weighted by Crippen LogP contribution is 2.32. The Morgan fingerprint density at radius 1 is 1.35 bits per heavy atom. The number of rotatable bonds is 1. The van der Waals surface area contributed by atoms with Crippen LogP contribution in [-0.4, -0.2) is 23.0 Å². The van der Waals surface area contributed by atoms with Crippen molar-refractivity contribution in [2.24, 2.45) is 0 Å². The molecule has 0 bridgehead atoms. The molecule has 1 aliphatic heterocycles. The molecule has 1 N–H and O–H groups in total. The number of carbonyl (C=O) groups is 1. The van der Waals surface area contributed by atoms with Crippen LogP contribution in [0.15, 0.2) is 29.2 Å². The molecule has 0 atom stereocenters. The van der Waals surface area contributed by atoms with Crippen molar-refractivity contribution in [3.8, 4) is 11.5 Å². The van der Waals surface area contributed by atoms with E-state index < -0.39 is 11.7 Å². The lowest BCUT2D eigenvalue weighted by molar-refractivity contribution is 0.0600. The summed E-state index contributed by atoms with van der Waals surface area (Å²) in [5, 5.41) is 0. The van der Waals surface area contributed by atoms with Crippen LogP contribution < -0.4 is 10.4 Å². The molecule has 0 radical (unpaired) electrons. The molecule has 0 amide bonds. The van der Waals surface area contributed by atoms with Gasteiger partial charge in [-0.05, 0) is 30.5 Å². The lowest BCUT2D eigenvalue weighted by atomic mass is 10.1. The van der Waals surface area contributed by atoms with Gasteiger partial charge in [-0.15, -0.1) is 0 Å². The first kappa shape index (κ1) is 12.4. The number of aryl methyl sites for hydroxylation is 2. The smallest absolute Gasteiger partial charge is 0.345 e. The minimum absolute atomic E-state index is 0.395. The van der Waals surface area contributed by atoms with E-state index >= 15 is 0 Å². The molecule has 102 valence electrons. The molecule has 0 unspecified atom stereocenters. The topological polar surface area (TPSA) is 81.3 Å². The van der Waals surface area contributed by atoms with Gasteiger partial charge in [0.25, 0.3) is 0 Å². The van der Waals surface area contributed by atoms with Gasteiger partial charge < -0.3 is 14.5 Å². The number of carbonyl (C=O) groups excluding carboxylic acids is 1. The number of fused-ring (bicyclic) bond motifs is 2. The summed E-state index contributed by atoms with van der Waals surface area (Å²) in [7, 11) is 1.33. The summed E-state index contributed by atoms with van der Waals surface area (Å²) in [6, 6.07) is 5.17. The fraction of sp³-hybridized carbons (Fsp3) is 0.214. The van der Waals surface area contributed by atoms with Gasteiger partial charge in [0.05, 0.1) is 24.6 Å². The zero-order valence-corrected chi connectivity index (χ0v) is 10.8. The van der Waals surface area contributed by atoms with E-state index in [2.05, 4.69) is 14.7 Å². The molecular weight excluding hydrogens is 260 g/mol. The normalized spacial score (nSPS) is 12.7. The predicted octanol–water partition coefficient (Wildman–Crippen LogP) is 1.45. The molecule has 0 saturated carbocycles. The molecule has 0 saturated heterocycles. The largest absolute Gasteiger partial charge is 0.465 e. The third-order valence-corrected chi connectivity index (χ3v) is 3.21. The quantitative estimate of drug-likeness (QED) is 0.794.